The van der Waals surface area contributed by atoms with Crippen molar-refractivity contribution in [2.24, 2.45) is 7.05 Å². The lowest BCUT2D eigenvalue weighted by Gasteiger charge is -2.22. The molecule has 0 unspecified atom stereocenters. The fraction of sp³-hybridized carbons (Fsp3) is 0.615. The molecule has 0 N–H and O–H groups in total. The first-order valence-electron chi connectivity index (χ1n) is 6.07. The minimum Gasteiger partial charge on any atom is -0.353 e. The first-order chi connectivity index (χ1) is 7.69. The molecule has 90 valence electrons. The van der Waals surface area contributed by atoms with E-state index in [-0.39, 0.29) is 5.91 Å². The van der Waals surface area contributed by atoms with E-state index in [0.29, 0.717) is 6.42 Å². The predicted octanol–water partition coefficient (Wildman–Crippen LogP) is 2.56. The number of aryl methyl sites for hydroxylation is 1. The van der Waals surface area contributed by atoms with E-state index >= 15 is 0 Å². The number of hydrogen-bond acceptors (Lipinski definition) is 1. The van der Waals surface area contributed by atoms with Gasteiger partial charge in [-0.1, -0.05) is 13.8 Å². The molecule has 3 heteroatoms. The van der Waals surface area contributed by atoms with Crippen LogP contribution in [0.25, 0.3) is 0 Å². The summed E-state index contributed by atoms with van der Waals surface area (Å²) < 4.78 is 2.07. The maximum Gasteiger partial charge on any atom is 0.222 e. The van der Waals surface area contributed by atoms with E-state index in [9.17, 15) is 4.79 Å². The summed E-state index contributed by atoms with van der Waals surface area (Å²) >= 11 is 0. The molecule has 0 aliphatic carbocycles. The Bertz CT molecular complexity index is 330. The molecule has 0 radical (unpaired) electrons. The molecule has 1 rings (SSSR count). The monoisotopic (exact) mass is 222 g/mol. The van der Waals surface area contributed by atoms with E-state index in [2.05, 4.69) is 17.6 Å². The first-order valence-corrected chi connectivity index (χ1v) is 6.07. The average Bonchev–Trinajstić information content (AvgIpc) is 2.64. The number of hydrogen-bond donors (Lipinski definition) is 0. The van der Waals surface area contributed by atoms with Gasteiger partial charge in [0.15, 0.2) is 0 Å². The SMILES string of the molecule is CCCC(=O)N(CCC)Cc1cccn1C. The third-order valence-electron chi connectivity index (χ3n) is 2.71. The molecule has 0 bridgehead atoms. The topological polar surface area (TPSA) is 25.2 Å². The average molecular weight is 222 g/mol. The molecule has 1 heterocycles. The summed E-state index contributed by atoms with van der Waals surface area (Å²) in [7, 11) is 2.02. The number of carbonyl (C=O) groups is 1. The summed E-state index contributed by atoms with van der Waals surface area (Å²) in [4.78, 5) is 13.8. The van der Waals surface area contributed by atoms with E-state index < -0.39 is 0 Å². The number of aromatic nitrogens is 1. The van der Waals surface area contributed by atoms with E-state index in [1.165, 1.54) is 5.69 Å². The van der Waals surface area contributed by atoms with Crippen LogP contribution in [0.4, 0.5) is 0 Å². The van der Waals surface area contributed by atoms with Crippen molar-refractivity contribution in [2.45, 2.75) is 39.7 Å². The van der Waals surface area contributed by atoms with Crippen LogP contribution in [-0.4, -0.2) is 21.9 Å². The summed E-state index contributed by atoms with van der Waals surface area (Å²) in [6.07, 6.45) is 4.61. The molecular formula is C13H22N2O. The van der Waals surface area contributed by atoms with Crippen molar-refractivity contribution < 1.29 is 4.79 Å². The molecule has 0 aliphatic rings. The smallest absolute Gasteiger partial charge is 0.222 e. The molecule has 0 saturated carbocycles. The van der Waals surface area contributed by atoms with Crippen molar-refractivity contribution in [1.82, 2.24) is 9.47 Å². The third kappa shape index (κ3) is 3.40. The van der Waals surface area contributed by atoms with Gasteiger partial charge in [0.2, 0.25) is 5.91 Å². The summed E-state index contributed by atoms with van der Waals surface area (Å²) in [5.41, 5.74) is 1.19. The van der Waals surface area contributed by atoms with Crippen LogP contribution in [0.3, 0.4) is 0 Å². The molecule has 1 aromatic heterocycles. The van der Waals surface area contributed by atoms with Gasteiger partial charge >= 0.3 is 0 Å². The van der Waals surface area contributed by atoms with Crippen LogP contribution in [-0.2, 0) is 18.4 Å². The van der Waals surface area contributed by atoms with Crippen LogP contribution >= 0.6 is 0 Å². The van der Waals surface area contributed by atoms with Crippen molar-refractivity contribution >= 4 is 5.91 Å². The highest BCUT2D eigenvalue weighted by atomic mass is 16.2. The second-order valence-electron chi connectivity index (χ2n) is 4.18. The molecule has 3 nitrogen and oxygen atoms in total. The fourth-order valence-corrected chi connectivity index (χ4v) is 1.79. The highest BCUT2D eigenvalue weighted by Crippen LogP contribution is 2.08. The van der Waals surface area contributed by atoms with E-state index in [4.69, 9.17) is 0 Å². The zero-order valence-corrected chi connectivity index (χ0v) is 10.6. The Balaban J connectivity index is 2.64. The lowest BCUT2D eigenvalue weighted by molar-refractivity contribution is -0.132. The van der Waals surface area contributed by atoms with Crippen molar-refractivity contribution in [3.63, 3.8) is 0 Å². The maximum atomic E-state index is 11.9. The standard InChI is InChI=1S/C13H22N2O/c1-4-7-13(16)15(9-5-2)11-12-8-6-10-14(12)3/h6,8,10H,4-5,7,9,11H2,1-3H3. The Kier molecular flexibility index (Phi) is 5.09. The molecule has 0 atom stereocenters. The van der Waals surface area contributed by atoms with Gasteiger partial charge in [-0.2, -0.15) is 0 Å². The van der Waals surface area contributed by atoms with Gasteiger partial charge in [0.05, 0.1) is 6.54 Å². The highest BCUT2D eigenvalue weighted by Gasteiger charge is 2.12. The largest absolute Gasteiger partial charge is 0.353 e. The number of nitrogens with zero attached hydrogens (tertiary/aromatic N) is 2. The quantitative estimate of drug-likeness (QED) is 0.726. The summed E-state index contributed by atoms with van der Waals surface area (Å²) in [6, 6.07) is 4.09. The van der Waals surface area contributed by atoms with Crippen LogP contribution in [0.2, 0.25) is 0 Å². The predicted molar refractivity (Wildman–Crippen MR) is 66.0 cm³/mol. The second-order valence-corrected chi connectivity index (χ2v) is 4.18. The van der Waals surface area contributed by atoms with Crippen molar-refractivity contribution in [3.05, 3.63) is 24.0 Å². The number of rotatable bonds is 6. The van der Waals surface area contributed by atoms with Gasteiger partial charge < -0.3 is 9.47 Å². The Labute approximate surface area is 98.1 Å². The van der Waals surface area contributed by atoms with E-state index in [0.717, 1.165) is 25.9 Å². The molecule has 0 aromatic carbocycles. The Morgan fingerprint density at radius 3 is 2.62 bits per heavy atom. The number of amides is 1. The molecular weight excluding hydrogens is 200 g/mol. The van der Waals surface area contributed by atoms with Crippen molar-refractivity contribution in [1.29, 1.82) is 0 Å². The van der Waals surface area contributed by atoms with E-state index in [1.807, 2.05) is 31.1 Å². The fourth-order valence-electron chi connectivity index (χ4n) is 1.79. The minimum atomic E-state index is 0.269. The molecule has 16 heavy (non-hydrogen) atoms. The van der Waals surface area contributed by atoms with Gasteiger partial charge in [-0.25, -0.2) is 0 Å². The second kappa shape index (κ2) is 6.36. The Morgan fingerprint density at radius 2 is 2.12 bits per heavy atom. The Morgan fingerprint density at radius 1 is 1.38 bits per heavy atom. The van der Waals surface area contributed by atoms with Gasteiger partial charge in [0.1, 0.15) is 0 Å². The van der Waals surface area contributed by atoms with Gasteiger partial charge in [-0.3, -0.25) is 4.79 Å². The summed E-state index contributed by atoms with van der Waals surface area (Å²) in [6.45, 7) is 5.74. The van der Waals surface area contributed by atoms with Gasteiger partial charge in [-0.05, 0) is 25.0 Å². The van der Waals surface area contributed by atoms with Crippen LogP contribution in [0, 0.1) is 0 Å². The molecule has 0 fully saturated rings. The third-order valence-corrected chi connectivity index (χ3v) is 2.71. The van der Waals surface area contributed by atoms with Crippen LogP contribution in [0.5, 0.6) is 0 Å². The van der Waals surface area contributed by atoms with Crippen molar-refractivity contribution in [3.8, 4) is 0 Å². The molecule has 0 saturated heterocycles. The van der Waals surface area contributed by atoms with E-state index in [1.54, 1.807) is 0 Å². The minimum absolute atomic E-state index is 0.269. The van der Waals surface area contributed by atoms with Crippen LogP contribution < -0.4 is 0 Å². The summed E-state index contributed by atoms with van der Waals surface area (Å²) in [5.74, 6) is 0.269. The lowest BCUT2D eigenvalue weighted by atomic mass is 10.2. The van der Waals surface area contributed by atoms with Gasteiger partial charge in [-0.15, -0.1) is 0 Å². The summed E-state index contributed by atoms with van der Waals surface area (Å²) in [5, 5.41) is 0. The molecule has 0 aliphatic heterocycles. The van der Waals surface area contributed by atoms with Crippen LogP contribution in [0.1, 0.15) is 38.8 Å². The zero-order valence-electron chi connectivity index (χ0n) is 10.6. The van der Waals surface area contributed by atoms with Crippen molar-refractivity contribution in [2.75, 3.05) is 6.54 Å². The normalized spacial score (nSPS) is 10.4. The maximum absolute atomic E-state index is 11.9. The molecule has 1 aromatic rings. The number of carbonyl (C=O) groups excluding carboxylic acids is 1. The van der Waals surface area contributed by atoms with Gasteiger partial charge in [0, 0.05) is 31.9 Å². The molecule has 1 amide bonds. The lowest BCUT2D eigenvalue weighted by Crippen LogP contribution is -2.31. The highest BCUT2D eigenvalue weighted by molar-refractivity contribution is 5.76. The van der Waals surface area contributed by atoms with Gasteiger partial charge in [0.25, 0.3) is 0 Å². The first kappa shape index (κ1) is 12.8. The zero-order chi connectivity index (χ0) is 12.0. The Hall–Kier alpha value is -1.25. The molecule has 0 spiro atoms. The van der Waals surface area contributed by atoms with Crippen LogP contribution in [0.15, 0.2) is 18.3 Å².